The van der Waals surface area contributed by atoms with Gasteiger partial charge in [-0.2, -0.15) is 0 Å². The molecule has 0 unspecified atom stereocenters. The van der Waals surface area contributed by atoms with Gasteiger partial charge in [-0.15, -0.1) is 0 Å². The molecule has 4 nitrogen and oxygen atoms in total. The number of hydrogen-bond acceptors (Lipinski definition) is 3. The summed E-state index contributed by atoms with van der Waals surface area (Å²) in [5.41, 5.74) is 0. The predicted molar refractivity (Wildman–Crippen MR) is 77.7 cm³/mol. The molecule has 0 aromatic carbocycles. The number of nitrogens with zero attached hydrogens (tertiary/aromatic N) is 1. The average Bonchev–Trinajstić information content (AvgIpc) is 2.37. The van der Waals surface area contributed by atoms with E-state index in [1.54, 1.807) is 31.0 Å². The van der Waals surface area contributed by atoms with Gasteiger partial charge in [-0.25, -0.2) is 8.42 Å². The summed E-state index contributed by atoms with van der Waals surface area (Å²) < 4.78 is 23.4. The monoisotopic (exact) mass is 287 g/mol. The van der Waals surface area contributed by atoms with Crippen LogP contribution in [0.15, 0.2) is 12.2 Å². The van der Waals surface area contributed by atoms with Crippen LogP contribution in [-0.4, -0.2) is 44.3 Å². The zero-order chi connectivity index (χ0) is 14.3. The Labute approximate surface area is 116 Å². The van der Waals surface area contributed by atoms with Crippen LogP contribution in [0.25, 0.3) is 0 Å². The minimum atomic E-state index is -3.31. The van der Waals surface area contributed by atoms with Crippen molar-refractivity contribution in [2.45, 2.75) is 39.0 Å². The van der Waals surface area contributed by atoms with Crippen molar-refractivity contribution in [2.75, 3.05) is 25.1 Å². The molecular formula is C14H25NO3S. The minimum absolute atomic E-state index is 0.0491. The molecule has 1 aliphatic rings. The van der Waals surface area contributed by atoms with Crippen LogP contribution in [-0.2, 0) is 14.6 Å². The van der Waals surface area contributed by atoms with Gasteiger partial charge in [0.15, 0.2) is 9.84 Å². The molecule has 19 heavy (non-hydrogen) atoms. The van der Waals surface area contributed by atoms with E-state index in [1.165, 1.54) is 19.3 Å². The van der Waals surface area contributed by atoms with E-state index in [0.29, 0.717) is 12.5 Å². The summed E-state index contributed by atoms with van der Waals surface area (Å²) in [4.78, 5) is 13.5. The average molecular weight is 287 g/mol. The van der Waals surface area contributed by atoms with Crippen molar-refractivity contribution in [3.05, 3.63) is 12.2 Å². The van der Waals surface area contributed by atoms with Gasteiger partial charge in [0, 0.05) is 13.6 Å². The lowest BCUT2D eigenvalue weighted by atomic mass is 9.89. The highest BCUT2D eigenvalue weighted by Gasteiger charge is 2.22. The van der Waals surface area contributed by atoms with E-state index in [4.69, 9.17) is 0 Å². The molecule has 0 aromatic heterocycles. The molecule has 0 aliphatic heterocycles. The lowest BCUT2D eigenvalue weighted by Crippen LogP contribution is -2.36. The molecule has 0 radical (unpaired) electrons. The van der Waals surface area contributed by atoms with Gasteiger partial charge >= 0.3 is 0 Å². The second-order valence-corrected chi connectivity index (χ2v) is 7.51. The molecule has 1 saturated carbocycles. The molecule has 0 heterocycles. The summed E-state index contributed by atoms with van der Waals surface area (Å²) in [6.07, 6.45) is 9.31. The van der Waals surface area contributed by atoms with E-state index in [9.17, 15) is 13.2 Å². The van der Waals surface area contributed by atoms with Crippen molar-refractivity contribution in [3.63, 3.8) is 0 Å². The Balaban J connectivity index is 2.43. The highest BCUT2D eigenvalue weighted by molar-refractivity contribution is 7.92. The van der Waals surface area contributed by atoms with Gasteiger partial charge in [-0.3, -0.25) is 4.79 Å². The molecule has 0 N–H and O–H groups in total. The number of allylic oxidation sites excluding steroid dienone is 1. The summed E-state index contributed by atoms with van der Waals surface area (Å²) in [6.45, 7) is 2.46. The highest BCUT2D eigenvalue weighted by Crippen LogP contribution is 2.24. The zero-order valence-corrected chi connectivity index (χ0v) is 12.8. The smallest absolute Gasteiger partial charge is 0.237 e. The largest absolute Gasteiger partial charge is 0.345 e. The first-order chi connectivity index (χ1) is 8.94. The maximum absolute atomic E-state index is 11.9. The molecule has 0 saturated heterocycles. The molecule has 0 atom stereocenters. The van der Waals surface area contributed by atoms with Gasteiger partial charge in [-0.1, -0.05) is 31.4 Å². The summed E-state index contributed by atoms with van der Waals surface area (Å²) in [7, 11) is -1.60. The molecule has 1 amide bonds. The van der Waals surface area contributed by atoms with Crippen LogP contribution in [0.2, 0.25) is 0 Å². The van der Waals surface area contributed by atoms with Crippen molar-refractivity contribution in [1.29, 1.82) is 0 Å². The maximum Gasteiger partial charge on any atom is 0.237 e. The standard InChI is InChI=1S/C14H25NO3S/c1-3-4-10-19(17,18)12-14(16)15(2)11-13-8-6-5-7-9-13/h3-4,13H,5-12H2,1-2H3/b4-3+. The van der Waals surface area contributed by atoms with Crippen molar-refractivity contribution < 1.29 is 13.2 Å². The van der Waals surface area contributed by atoms with Crippen LogP contribution in [0.1, 0.15) is 39.0 Å². The fourth-order valence-electron chi connectivity index (χ4n) is 2.46. The third kappa shape index (κ3) is 6.23. The Morgan fingerprint density at radius 2 is 1.89 bits per heavy atom. The number of hydrogen-bond donors (Lipinski definition) is 0. The van der Waals surface area contributed by atoms with Crippen LogP contribution in [0, 0.1) is 5.92 Å². The highest BCUT2D eigenvalue weighted by atomic mass is 32.2. The molecule has 0 bridgehead atoms. The van der Waals surface area contributed by atoms with Crippen molar-refractivity contribution in [2.24, 2.45) is 5.92 Å². The number of carbonyl (C=O) groups excluding carboxylic acids is 1. The minimum Gasteiger partial charge on any atom is -0.345 e. The third-order valence-electron chi connectivity index (χ3n) is 3.61. The van der Waals surface area contributed by atoms with Gasteiger partial charge in [0.1, 0.15) is 5.75 Å². The van der Waals surface area contributed by atoms with E-state index in [1.807, 2.05) is 0 Å². The molecule has 1 fully saturated rings. The molecule has 0 aromatic rings. The van der Waals surface area contributed by atoms with Crippen LogP contribution >= 0.6 is 0 Å². The Morgan fingerprint density at radius 1 is 1.26 bits per heavy atom. The van der Waals surface area contributed by atoms with E-state index in [2.05, 4.69) is 0 Å². The second kappa shape index (κ2) is 7.68. The molecular weight excluding hydrogens is 262 g/mol. The molecule has 1 rings (SSSR count). The number of carbonyl (C=O) groups is 1. The van der Waals surface area contributed by atoms with E-state index in [0.717, 1.165) is 12.8 Å². The van der Waals surface area contributed by atoms with Crippen molar-refractivity contribution in [1.82, 2.24) is 4.90 Å². The normalized spacial score (nSPS) is 17.8. The fourth-order valence-corrected chi connectivity index (χ4v) is 3.66. The summed E-state index contributed by atoms with van der Waals surface area (Å²) in [5.74, 6) is -0.163. The maximum atomic E-state index is 11.9. The summed E-state index contributed by atoms with van der Waals surface area (Å²) in [6, 6.07) is 0. The van der Waals surface area contributed by atoms with Crippen LogP contribution < -0.4 is 0 Å². The van der Waals surface area contributed by atoms with Crippen molar-refractivity contribution in [3.8, 4) is 0 Å². The van der Waals surface area contributed by atoms with Gasteiger partial charge in [0.05, 0.1) is 5.75 Å². The molecule has 110 valence electrons. The molecule has 1 aliphatic carbocycles. The van der Waals surface area contributed by atoms with Gasteiger partial charge < -0.3 is 4.90 Å². The van der Waals surface area contributed by atoms with Crippen LogP contribution in [0.5, 0.6) is 0 Å². The lowest BCUT2D eigenvalue weighted by molar-refractivity contribution is -0.127. The van der Waals surface area contributed by atoms with Gasteiger partial charge in [0.25, 0.3) is 0 Å². The number of rotatable bonds is 6. The zero-order valence-electron chi connectivity index (χ0n) is 12.0. The first-order valence-electron chi connectivity index (χ1n) is 7.00. The van der Waals surface area contributed by atoms with Gasteiger partial charge in [-0.05, 0) is 25.7 Å². The van der Waals surface area contributed by atoms with E-state index < -0.39 is 9.84 Å². The Hall–Kier alpha value is -0.840. The summed E-state index contributed by atoms with van der Waals surface area (Å²) >= 11 is 0. The Morgan fingerprint density at radius 3 is 2.47 bits per heavy atom. The topological polar surface area (TPSA) is 54.5 Å². The van der Waals surface area contributed by atoms with Crippen molar-refractivity contribution >= 4 is 15.7 Å². The van der Waals surface area contributed by atoms with Gasteiger partial charge in [0.2, 0.25) is 5.91 Å². The lowest BCUT2D eigenvalue weighted by Gasteiger charge is -2.27. The summed E-state index contributed by atoms with van der Waals surface area (Å²) in [5, 5.41) is 0. The second-order valence-electron chi connectivity index (χ2n) is 5.40. The molecule has 0 spiro atoms. The SMILES string of the molecule is C/C=C/CS(=O)(=O)CC(=O)N(C)CC1CCCCC1. The Bertz CT molecular complexity index is 408. The molecule has 5 heteroatoms. The quantitative estimate of drug-likeness (QED) is 0.702. The van der Waals surface area contributed by atoms with E-state index in [-0.39, 0.29) is 17.4 Å². The van der Waals surface area contributed by atoms with Crippen LogP contribution in [0.4, 0.5) is 0 Å². The van der Waals surface area contributed by atoms with E-state index >= 15 is 0 Å². The van der Waals surface area contributed by atoms with Crippen LogP contribution in [0.3, 0.4) is 0 Å². The predicted octanol–water partition coefficient (Wildman–Crippen LogP) is 2.02. The number of amides is 1. The first-order valence-corrected chi connectivity index (χ1v) is 8.82. The fraction of sp³-hybridized carbons (Fsp3) is 0.786. The number of sulfone groups is 1. The first kappa shape index (κ1) is 16.2. The Kier molecular flexibility index (Phi) is 6.55. The third-order valence-corrected chi connectivity index (χ3v) is 5.00.